The van der Waals surface area contributed by atoms with Crippen molar-refractivity contribution in [2.24, 2.45) is 11.7 Å². The average molecular weight is 339 g/mol. The molecule has 0 saturated carbocycles. The number of methoxy groups -OCH3 is 1. The Balaban J connectivity index is 2.64. The van der Waals surface area contributed by atoms with Crippen molar-refractivity contribution in [1.82, 2.24) is 0 Å². The van der Waals surface area contributed by atoms with Gasteiger partial charge in [-0.2, -0.15) is 0 Å². The molecule has 0 spiro atoms. The quantitative estimate of drug-likeness (QED) is 0.665. The lowest BCUT2D eigenvalue weighted by atomic mass is 10.0. The summed E-state index contributed by atoms with van der Waals surface area (Å²) >= 11 is 0. The molecule has 0 bridgehead atoms. The number of primary amides is 1. The second-order valence-corrected chi connectivity index (χ2v) is 6.09. The van der Waals surface area contributed by atoms with Gasteiger partial charge in [-0.3, -0.25) is 9.59 Å². The molecule has 134 valence electrons. The molecule has 1 rings (SSSR count). The number of halogens is 1. The van der Waals surface area contributed by atoms with Gasteiger partial charge in [0.1, 0.15) is 0 Å². The van der Waals surface area contributed by atoms with Gasteiger partial charge in [0.15, 0.2) is 11.6 Å². The zero-order chi connectivity index (χ0) is 18.1. The monoisotopic (exact) mass is 339 g/mol. The van der Waals surface area contributed by atoms with Crippen molar-refractivity contribution >= 4 is 11.9 Å². The maximum absolute atomic E-state index is 14.5. The zero-order valence-electron chi connectivity index (χ0n) is 14.6. The first-order valence-corrected chi connectivity index (χ1v) is 8.10. The second-order valence-electron chi connectivity index (χ2n) is 6.09. The van der Waals surface area contributed by atoms with E-state index in [1.807, 2.05) is 13.8 Å². The number of carbonyl (C=O) groups is 2. The van der Waals surface area contributed by atoms with Gasteiger partial charge in [-0.05, 0) is 49.3 Å². The van der Waals surface area contributed by atoms with Crippen LogP contribution in [0, 0.1) is 18.7 Å². The van der Waals surface area contributed by atoms with E-state index in [4.69, 9.17) is 10.5 Å². The summed E-state index contributed by atoms with van der Waals surface area (Å²) in [5, 5.41) is 0. The van der Waals surface area contributed by atoms with Crippen molar-refractivity contribution in [3.8, 4) is 5.75 Å². The molecular weight excluding hydrogens is 313 g/mol. The van der Waals surface area contributed by atoms with Crippen molar-refractivity contribution in [3.05, 3.63) is 29.1 Å². The van der Waals surface area contributed by atoms with Gasteiger partial charge in [-0.25, -0.2) is 4.39 Å². The molecule has 0 radical (unpaired) electrons. The van der Waals surface area contributed by atoms with Crippen molar-refractivity contribution in [1.29, 1.82) is 0 Å². The Morgan fingerprint density at radius 3 is 2.62 bits per heavy atom. The minimum absolute atomic E-state index is 0.0974. The molecule has 0 aliphatic carbocycles. The number of carbonyl (C=O) groups excluding carboxylic acids is 2. The van der Waals surface area contributed by atoms with Crippen molar-refractivity contribution < 1.29 is 23.5 Å². The minimum Gasteiger partial charge on any atom is -0.490 e. The molecule has 1 atom stereocenters. The van der Waals surface area contributed by atoms with E-state index in [0.717, 1.165) is 5.56 Å². The number of nitrogens with two attached hydrogens (primary N) is 1. The number of hydrogen-bond donors (Lipinski definition) is 1. The number of ether oxygens (including phenoxy) is 2. The summed E-state index contributed by atoms with van der Waals surface area (Å²) in [6.45, 7) is 4.11. The van der Waals surface area contributed by atoms with Crippen molar-refractivity contribution in [2.45, 2.75) is 46.0 Å². The van der Waals surface area contributed by atoms with Gasteiger partial charge >= 0.3 is 5.97 Å². The fourth-order valence-electron chi connectivity index (χ4n) is 2.32. The third-order valence-electron chi connectivity index (χ3n) is 3.72. The summed E-state index contributed by atoms with van der Waals surface area (Å²) in [6.07, 6.45) is 2.11. The summed E-state index contributed by atoms with van der Waals surface area (Å²) in [7, 11) is 1.33. The van der Waals surface area contributed by atoms with E-state index in [1.165, 1.54) is 7.11 Å². The minimum atomic E-state index is -0.396. The van der Waals surface area contributed by atoms with Crippen LogP contribution in [0.3, 0.4) is 0 Å². The van der Waals surface area contributed by atoms with Crippen LogP contribution in [0.5, 0.6) is 5.75 Å². The van der Waals surface area contributed by atoms with Gasteiger partial charge in [-0.1, -0.05) is 13.0 Å². The van der Waals surface area contributed by atoms with Crippen LogP contribution in [0.25, 0.3) is 0 Å². The highest BCUT2D eigenvalue weighted by molar-refractivity contribution is 5.73. The first-order chi connectivity index (χ1) is 11.3. The Kier molecular flexibility index (Phi) is 8.22. The first kappa shape index (κ1) is 19.9. The molecule has 0 aliphatic rings. The van der Waals surface area contributed by atoms with Crippen LogP contribution in [0.15, 0.2) is 12.1 Å². The number of hydrogen-bond acceptors (Lipinski definition) is 4. The average Bonchev–Trinajstić information content (AvgIpc) is 2.53. The molecule has 0 saturated heterocycles. The van der Waals surface area contributed by atoms with Crippen LogP contribution in [-0.4, -0.2) is 25.6 Å². The van der Waals surface area contributed by atoms with Crippen LogP contribution in [-0.2, 0) is 20.7 Å². The summed E-state index contributed by atoms with van der Waals surface area (Å²) in [4.78, 5) is 21.9. The van der Waals surface area contributed by atoms with E-state index in [1.54, 1.807) is 12.1 Å². The molecule has 0 unspecified atom stereocenters. The Morgan fingerprint density at radius 2 is 2.00 bits per heavy atom. The highest BCUT2D eigenvalue weighted by Crippen LogP contribution is 2.25. The van der Waals surface area contributed by atoms with Crippen LogP contribution < -0.4 is 10.5 Å². The lowest BCUT2D eigenvalue weighted by molar-refractivity contribution is -0.140. The SMILES string of the molecule is COC(=O)CCCc1cc(C)cc(OC[C@@H](C)CCC(N)=O)c1F. The maximum Gasteiger partial charge on any atom is 0.305 e. The molecule has 0 aromatic heterocycles. The first-order valence-electron chi connectivity index (χ1n) is 8.10. The maximum atomic E-state index is 14.5. The van der Waals surface area contributed by atoms with Gasteiger partial charge in [0.05, 0.1) is 13.7 Å². The number of benzene rings is 1. The third-order valence-corrected chi connectivity index (χ3v) is 3.72. The van der Waals surface area contributed by atoms with Gasteiger partial charge < -0.3 is 15.2 Å². The molecule has 5 nitrogen and oxygen atoms in total. The molecule has 1 amide bonds. The van der Waals surface area contributed by atoms with Crippen molar-refractivity contribution in [3.63, 3.8) is 0 Å². The third kappa shape index (κ3) is 6.98. The largest absolute Gasteiger partial charge is 0.490 e. The molecule has 0 heterocycles. The molecule has 2 N–H and O–H groups in total. The fraction of sp³-hybridized carbons (Fsp3) is 0.556. The van der Waals surface area contributed by atoms with E-state index in [9.17, 15) is 14.0 Å². The standard InChI is InChI=1S/C18H26FNO4/c1-12(7-8-16(20)21)11-24-15-10-13(2)9-14(18(15)19)5-4-6-17(22)23-3/h9-10,12H,4-8,11H2,1-3H3,(H2,20,21)/t12-/m0/s1. The topological polar surface area (TPSA) is 78.6 Å². The molecule has 1 aromatic rings. The van der Waals surface area contributed by atoms with Gasteiger partial charge in [0, 0.05) is 12.8 Å². The Labute approximate surface area is 142 Å². The fourth-order valence-corrected chi connectivity index (χ4v) is 2.32. The highest BCUT2D eigenvalue weighted by Gasteiger charge is 2.13. The van der Waals surface area contributed by atoms with E-state index in [2.05, 4.69) is 4.74 Å². The lowest BCUT2D eigenvalue weighted by Crippen LogP contribution is -2.15. The predicted octanol–water partition coefficient (Wildman–Crippen LogP) is 2.91. The van der Waals surface area contributed by atoms with Crippen molar-refractivity contribution in [2.75, 3.05) is 13.7 Å². The molecule has 0 aliphatic heterocycles. The van der Waals surface area contributed by atoms with E-state index < -0.39 is 5.82 Å². The molecular formula is C18H26FNO4. The number of aryl methyl sites for hydroxylation is 2. The molecule has 0 fully saturated rings. The Bertz CT molecular complexity index is 574. The number of rotatable bonds is 10. The summed E-state index contributed by atoms with van der Waals surface area (Å²) in [5.41, 5.74) is 6.54. The summed E-state index contributed by atoms with van der Waals surface area (Å²) in [6, 6.07) is 3.41. The predicted molar refractivity (Wildman–Crippen MR) is 89.2 cm³/mol. The van der Waals surface area contributed by atoms with E-state index >= 15 is 0 Å². The highest BCUT2D eigenvalue weighted by atomic mass is 19.1. The molecule has 24 heavy (non-hydrogen) atoms. The smallest absolute Gasteiger partial charge is 0.305 e. The molecule has 6 heteroatoms. The van der Waals surface area contributed by atoms with Crippen LogP contribution >= 0.6 is 0 Å². The van der Waals surface area contributed by atoms with Gasteiger partial charge in [0.2, 0.25) is 5.91 Å². The molecule has 1 aromatic carbocycles. The number of esters is 1. The second kappa shape index (κ2) is 9.90. The van der Waals surface area contributed by atoms with Crippen LogP contribution in [0.4, 0.5) is 4.39 Å². The number of amides is 1. The zero-order valence-corrected chi connectivity index (χ0v) is 14.6. The van der Waals surface area contributed by atoms with Crippen LogP contribution in [0.1, 0.15) is 43.7 Å². The Morgan fingerprint density at radius 1 is 1.29 bits per heavy atom. The van der Waals surface area contributed by atoms with Crippen LogP contribution in [0.2, 0.25) is 0 Å². The summed E-state index contributed by atoms with van der Waals surface area (Å²) in [5.74, 6) is -0.749. The van der Waals surface area contributed by atoms with Gasteiger partial charge in [-0.15, -0.1) is 0 Å². The normalized spacial score (nSPS) is 11.8. The summed E-state index contributed by atoms with van der Waals surface area (Å²) < 4.78 is 24.7. The van der Waals surface area contributed by atoms with E-state index in [0.29, 0.717) is 37.9 Å². The Hall–Kier alpha value is -2.11. The lowest BCUT2D eigenvalue weighted by Gasteiger charge is -2.15. The van der Waals surface area contributed by atoms with Gasteiger partial charge in [0.25, 0.3) is 0 Å². The van der Waals surface area contributed by atoms with E-state index in [-0.39, 0.29) is 30.0 Å².